The van der Waals surface area contributed by atoms with Gasteiger partial charge in [-0.1, -0.05) is 55.7 Å². The molecule has 44 heavy (non-hydrogen) atoms. The maximum Gasteiger partial charge on any atom is 0.416 e. The number of imide groups is 1. The Labute approximate surface area is 255 Å². The van der Waals surface area contributed by atoms with Crippen molar-refractivity contribution in [2.75, 3.05) is 32.7 Å². The van der Waals surface area contributed by atoms with Crippen LogP contribution < -0.4 is 5.32 Å². The Hall–Kier alpha value is -3.70. The van der Waals surface area contributed by atoms with Crippen LogP contribution in [-0.4, -0.2) is 82.2 Å². The predicted octanol–water partition coefficient (Wildman–Crippen LogP) is 4.74. The molecule has 0 radical (unpaired) electrons. The Bertz CT molecular complexity index is 1460. The lowest BCUT2D eigenvalue weighted by Gasteiger charge is -2.40. The number of amides is 3. The van der Waals surface area contributed by atoms with Crippen molar-refractivity contribution in [3.05, 3.63) is 71.4 Å². The van der Waals surface area contributed by atoms with Crippen LogP contribution in [0.4, 0.5) is 13.2 Å². The second kappa shape index (κ2) is 13.9. The van der Waals surface area contributed by atoms with Gasteiger partial charge in [0.15, 0.2) is 0 Å². The number of alkyl halides is 3. The quantitative estimate of drug-likeness (QED) is 0.365. The van der Waals surface area contributed by atoms with Crippen molar-refractivity contribution in [1.29, 1.82) is 0 Å². The molecule has 236 valence electrons. The Morgan fingerprint density at radius 1 is 0.955 bits per heavy atom. The second-order valence-electron chi connectivity index (χ2n) is 11.9. The molecule has 5 rings (SSSR count). The van der Waals surface area contributed by atoms with E-state index in [2.05, 4.69) is 20.1 Å². The van der Waals surface area contributed by atoms with Gasteiger partial charge in [-0.2, -0.15) is 13.2 Å². The van der Waals surface area contributed by atoms with Gasteiger partial charge in [-0.25, -0.2) is 0 Å². The number of hydrogen-bond acceptors (Lipinski definition) is 5. The number of piperazine rings is 1. The molecule has 2 aromatic carbocycles. The molecular formula is C33H40F3N5O3. The van der Waals surface area contributed by atoms with E-state index < -0.39 is 36.1 Å². The first-order valence-corrected chi connectivity index (χ1v) is 15.4. The number of carbonyl (C=O) groups is 3. The lowest BCUT2D eigenvalue weighted by Crippen LogP contribution is -2.55. The monoisotopic (exact) mass is 611 g/mol. The van der Waals surface area contributed by atoms with Crippen molar-refractivity contribution < 1.29 is 27.6 Å². The number of H-pyrrole nitrogens is 1. The van der Waals surface area contributed by atoms with E-state index in [1.807, 2.05) is 24.3 Å². The lowest BCUT2D eigenvalue weighted by molar-refractivity contribution is -0.148. The zero-order chi connectivity index (χ0) is 31.3. The minimum Gasteiger partial charge on any atom is -0.361 e. The van der Waals surface area contributed by atoms with Crippen LogP contribution in [0, 0.1) is 0 Å². The van der Waals surface area contributed by atoms with Crippen molar-refractivity contribution in [1.82, 2.24) is 25.0 Å². The summed E-state index contributed by atoms with van der Waals surface area (Å²) in [7, 11) is 0. The highest BCUT2D eigenvalue weighted by Gasteiger charge is 2.36. The first-order valence-electron chi connectivity index (χ1n) is 15.4. The number of para-hydroxylation sites is 1. The molecule has 8 nitrogen and oxygen atoms in total. The van der Waals surface area contributed by atoms with Gasteiger partial charge in [-0.05, 0) is 36.1 Å². The zero-order valence-electron chi connectivity index (χ0n) is 25.0. The Kier molecular flexibility index (Phi) is 10.1. The highest BCUT2D eigenvalue weighted by molar-refractivity contribution is 5.99. The van der Waals surface area contributed by atoms with Crippen molar-refractivity contribution in [2.45, 2.75) is 70.3 Å². The number of aromatic amines is 1. The van der Waals surface area contributed by atoms with Crippen LogP contribution in [0.1, 0.15) is 55.7 Å². The molecule has 0 spiro atoms. The van der Waals surface area contributed by atoms with Crippen molar-refractivity contribution in [3.63, 3.8) is 0 Å². The molecule has 3 aromatic rings. The number of nitrogens with zero attached hydrogens (tertiary/aromatic N) is 3. The molecule has 2 fully saturated rings. The highest BCUT2D eigenvalue weighted by atomic mass is 19.4. The van der Waals surface area contributed by atoms with Crippen LogP contribution in [0.25, 0.3) is 10.9 Å². The first kappa shape index (κ1) is 31.7. The summed E-state index contributed by atoms with van der Waals surface area (Å²) in [5, 5.41) is 3.69. The van der Waals surface area contributed by atoms with E-state index in [0.29, 0.717) is 6.04 Å². The van der Waals surface area contributed by atoms with Gasteiger partial charge in [0.1, 0.15) is 6.04 Å². The highest BCUT2D eigenvalue weighted by Crippen LogP contribution is 2.32. The van der Waals surface area contributed by atoms with E-state index >= 15 is 0 Å². The molecule has 1 unspecified atom stereocenters. The molecule has 2 aliphatic rings. The standard InChI is InChI=1S/C33H40F3N5O3/c1-23(42)41(21-24-9-5-7-13-28(24)33(34,35)36)32(44)30(19-25-20-37-29-14-8-6-12-27(25)29)38-31(43)22-39-15-17-40(18-16-39)26-10-3-2-4-11-26/h5-9,12-14,20,26,30,37H,2-4,10-11,15-19,21-22H2,1H3,(H,38,43). The van der Waals surface area contributed by atoms with Crippen molar-refractivity contribution in [3.8, 4) is 0 Å². The maximum atomic E-state index is 13.9. The zero-order valence-corrected chi connectivity index (χ0v) is 25.0. The molecule has 0 bridgehead atoms. The summed E-state index contributed by atoms with van der Waals surface area (Å²) < 4.78 is 41.2. The fraction of sp³-hybridized carbons (Fsp3) is 0.485. The van der Waals surface area contributed by atoms with Crippen LogP contribution in [0.3, 0.4) is 0 Å². The average Bonchev–Trinajstić information content (AvgIpc) is 3.42. The Morgan fingerprint density at radius 2 is 1.64 bits per heavy atom. The predicted molar refractivity (Wildman–Crippen MR) is 161 cm³/mol. The molecule has 1 saturated carbocycles. The summed E-state index contributed by atoms with van der Waals surface area (Å²) in [5.74, 6) is -1.83. The third-order valence-corrected chi connectivity index (χ3v) is 8.89. The normalized spacial score (nSPS) is 17.8. The number of benzene rings is 2. The van der Waals surface area contributed by atoms with Crippen LogP contribution in [0.5, 0.6) is 0 Å². The van der Waals surface area contributed by atoms with Gasteiger partial charge in [-0.15, -0.1) is 0 Å². The van der Waals surface area contributed by atoms with E-state index in [9.17, 15) is 27.6 Å². The molecule has 3 amide bonds. The molecule has 1 aliphatic heterocycles. The third kappa shape index (κ3) is 7.68. The fourth-order valence-corrected chi connectivity index (χ4v) is 6.53. The lowest BCUT2D eigenvalue weighted by atomic mass is 9.94. The molecule has 2 heterocycles. The van der Waals surface area contributed by atoms with Gasteiger partial charge in [0.05, 0.1) is 18.7 Å². The fourth-order valence-electron chi connectivity index (χ4n) is 6.53. The summed E-state index contributed by atoms with van der Waals surface area (Å²) in [6, 6.07) is 11.8. The second-order valence-corrected chi connectivity index (χ2v) is 11.9. The number of aromatic nitrogens is 1. The molecule has 1 saturated heterocycles. The average molecular weight is 612 g/mol. The van der Waals surface area contributed by atoms with E-state index in [-0.39, 0.29) is 24.4 Å². The number of carbonyl (C=O) groups excluding carboxylic acids is 3. The summed E-state index contributed by atoms with van der Waals surface area (Å²) in [4.78, 5) is 48.6. The minimum atomic E-state index is -4.65. The SMILES string of the molecule is CC(=O)N(Cc1ccccc1C(F)(F)F)C(=O)C(Cc1c[nH]c2ccccc12)NC(=O)CN1CCN(C2CCCCC2)CC1. The van der Waals surface area contributed by atoms with Crippen LogP contribution in [0.2, 0.25) is 0 Å². The third-order valence-electron chi connectivity index (χ3n) is 8.89. The number of nitrogens with one attached hydrogen (secondary N) is 2. The van der Waals surface area contributed by atoms with Gasteiger partial charge >= 0.3 is 6.18 Å². The molecule has 1 aromatic heterocycles. The minimum absolute atomic E-state index is 0.0642. The summed E-state index contributed by atoms with van der Waals surface area (Å²) >= 11 is 0. The van der Waals surface area contributed by atoms with Gasteiger partial charge in [0, 0.05) is 62.7 Å². The van der Waals surface area contributed by atoms with Gasteiger partial charge in [-0.3, -0.25) is 29.1 Å². The van der Waals surface area contributed by atoms with E-state index in [1.165, 1.54) is 50.3 Å². The molecule has 11 heteroatoms. The molecular weight excluding hydrogens is 571 g/mol. The number of hydrogen-bond donors (Lipinski definition) is 2. The Morgan fingerprint density at radius 3 is 2.34 bits per heavy atom. The van der Waals surface area contributed by atoms with Gasteiger partial charge in [0.2, 0.25) is 11.8 Å². The van der Waals surface area contributed by atoms with E-state index in [0.717, 1.165) is 60.5 Å². The number of fused-ring (bicyclic) bond motifs is 1. The molecule has 1 aliphatic carbocycles. The summed E-state index contributed by atoms with van der Waals surface area (Å²) in [5.41, 5.74) is 0.484. The number of rotatable bonds is 9. The number of halogens is 3. The summed E-state index contributed by atoms with van der Waals surface area (Å²) in [6.45, 7) is 3.90. The van der Waals surface area contributed by atoms with Crippen molar-refractivity contribution >= 4 is 28.6 Å². The Balaban J connectivity index is 1.32. The molecule has 1 atom stereocenters. The topological polar surface area (TPSA) is 88.8 Å². The first-order chi connectivity index (χ1) is 21.1. The maximum absolute atomic E-state index is 13.9. The largest absolute Gasteiger partial charge is 0.416 e. The summed E-state index contributed by atoms with van der Waals surface area (Å²) in [6.07, 6.45) is 3.42. The van der Waals surface area contributed by atoms with E-state index in [1.54, 1.807) is 6.20 Å². The van der Waals surface area contributed by atoms with Crippen molar-refractivity contribution in [2.24, 2.45) is 0 Å². The molecule has 2 N–H and O–H groups in total. The van der Waals surface area contributed by atoms with Crippen LogP contribution in [-0.2, 0) is 33.5 Å². The van der Waals surface area contributed by atoms with Gasteiger partial charge in [0.25, 0.3) is 5.91 Å². The van der Waals surface area contributed by atoms with Crippen LogP contribution in [0.15, 0.2) is 54.7 Å². The van der Waals surface area contributed by atoms with Crippen LogP contribution >= 0.6 is 0 Å². The van der Waals surface area contributed by atoms with Gasteiger partial charge < -0.3 is 10.3 Å². The smallest absolute Gasteiger partial charge is 0.361 e. The van der Waals surface area contributed by atoms with E-state index in [4.69, 9.17) is 0 Å².